The number of esters is 1. The van der Waals surface area contributed by atoms with Crippen LogP contribution in [0.5, 0.6) is 0 Å². The number of alkyl halides is 2. The fourth-order valence-corrected chi connectivity index (χ4v) is 3.49. The van der Waals surface area contributed by atoms with Gasteiger partial charge in [-0.15, -0.1) is 0 Å². The van der Waals surface area contributed by atoms with Crippen LogP contribution in [-0.4, -0.2) is 70.7 Å². The van der Waals surface area contributed by atoms with E-state index < -0.39 is 54.9 Å². The Kier molecular flexibility index (Phi) is 10.0. The zero-order chi connectivity index (χ0) is 28.4. The molecule has 0 spiro atoms. The number of aryl methyl sites for hydroxylation is 1. The van der Waals surface area contributed by atoms with Gasteiger partial charge in [0.25, 0.3) is 0 Å². The first-order chi connectivity index (χ1) is 18.6. The Morgan fingerprint density at radius 3 is 2.72 bits per heavy atom. The van der Waals surface area contributed by atoms with Gasteiger partial charge < -0.3 is 23.7 Å². The molecule has 2 aromatic rings. The summed E-state index contributed by atoms with van der Waals surface area (Å²) in [6.45, 7) is 3.93. The first-order valence-corrected chi connectivity index (χ1v) is 11.7. The molecule has 13 nitrogen and oxygen atoms in total. The largest absolute Gasteiger partial charge is 0.509 e. The monoisotopic (exact) mass is 552 g/mol. The van der Waals surface area contributed by atoms with Gasteiger partial charge in [-0.05, 0) is 31.0 Å². The van der Waals surface area contributed by atoms with E-state index in [2.05, 4.69) is 31.3 Å². The van der Waals surface area contributed by atoms with Gasteiger partial charge in [-0.2, -0.15) is 13.8 Å². The Balaban J connectivity index is 1.75. The molecule has 0 radical (unpaired) electrons. The number of carbonyl (C=O) groups is 3. The number of nitrogens with zero attached hydrogens (tertiary/aromatic N) is 3. The highest BCUT2D eigenvalue weighted by atomic mass is 19.3. The van der Waals surface area contributed by atoms with E-state index in [1.54, 1.807) is 31.5 Å². The van der Waals surface area contributed by atoms with Crippen molar-refractivity contribution in [1.29, 1.82) is 0 Å². The zero-order valence-corrected chi connectivity index (χ0v) is 20.8. The van der Waals surface area contributed by atoms with Crippen LogP contribution in [0.2, 0.25) is 0 Å². The summed E-state index contributed by atoms with van der Waals surface area (Å²) in [4.78, 5) is 55.8. The number of anilines is 1. The van der Waals surface area contributed by atoms with E-state index in [9.17, 15) is 19.2 Å². The number of pyridine rings is 1. The highest BCUT2D eigenvalue weighted by Crippen LogP contribution is 2.44. The number of rotatable bonds is 11. The molecular weight excluding hydrogens is 526 g/mol. The van der Waals surface area contributed by atoms with E-state index in [0.29, 0.717) is 4.57 Å². The molecule has 1 N–H and O–H groups in total. The third kappa shape index (κ3) is 7.80. The lowest BCUT2D eigenvalue weighted by Gasteiger charge is -2.23. The van der Waals surface area contributed by atoms with Gasteiger partial charge in [0.05, 0.1) is 6.61 Å². The molecule has 1 aliphatic heterocycles. The molecule has 39 heavy (non-hydrogen) atoms. The number of hydrogen-bond donors (Lipinski definition) is 1. The Labute approximate surface area is 220 Å². The molecule has 1 fully saturated rings. The molecule has 3 rings (SSSR count). The molecule has 0 aromatic carbocycles. The van der Waals surface area contributed by atoms with E-state index in [-0.39, 0.29) is 31.9 Å². The molecule has 3 atom stereocenters. The Morgan fingerprint density at radius 2 is 2.05 bits per heavy atom. The van der Waals surface area contributed by atoms with Gasteiger partial charge in [-0.3, -0.25) is 19.7 Å². The van der Waals surface area contributed by atoms with Crippen molar-refractivity contribution in [3.05, 3.63) is 65.5 Å². The minimum atomic E-state index is -4.00. The summed E-state index contributed by atoms with van der Waals surface area (Å²) in [5.41, 5.74) is -0.451. The van der Waals surface area contributed by atoms with Crippen LogP contribution in [0, 0.1) is 0 Å². The van der Waals surface area contributed by atoms with Crippen molar-refractivity contribution in [2.75, 3.05) is 25.1 Å². The van der Waals surface area contributed by atoms with E-state index >= 15 is 8.78 Å². The molecule has 1 amide bonds. The number of halogens is 2. The number of hydrogen-bond acceptors (Lipinski definition) is 11. The molecule has 1 unspecified atom stereocenters. The third-order valence-corrected chi connectivity index (χ3v) is 5.23. The molecule has 0 saturated carbocycles. The summed E-state index contributed by atoms with van der Waals surface area (Å²) < 4.78 is 56.0. The van der Waals surface area contributed by atoms with Gasteiger partial charge in [0.2, 0.25) is 12.3 Å². The van der Waals surface area contributed by atoms with Crippen LogP contribution >= 0.6 is 0 Å². The Morgan fingerprint density at radius 1 is 1.26 bits per heavy atom. The van der Waals surface area contributed by atoms with Gasteiger partial charge >= 0.3 is 29.8 Å². The van der Waals surface area contributed by atoms with Crippen LogP contribution < -0.4 is 11.0 Å². The number of carbonyl (C=O) groups excluding carboxylic acids is 3. The first kappa shape index (κ1) is 29.2. The smallest absolute Gasteiger partial charge is 0.463 e. The minimum absolute atomic E-state index is 0.0527. The second-order valence-corrected chi connectivity index (χ2v) is 7.98. The van der Waals surface area contributed by atoms with Crippen molar-refractivity contribution >= 4 is 24.0 Å². The van der Waals surface area contributed by atoms with Gasteiger partial charge in [-0.25, -0.2) is 14.4 Å². The van der Waals surface area contributed by atoms with Crippen LogP contribution in [0.4, 0.5) is 24.2 Å². The van der Waals surface area contributed by atoms with Crippen LogP contribution in [-0.2, 0) is 34.9 Å². The van der Waals surface area contributed by atoms with Crippen molar-refractivity contribution in [2.24, 2.45) is 0 Å². The molecular formula is C24H26F2N4O9. The normalized spacial score (nSPS) is 19.5. The molecule has 15 heteroatoms. The average molecular weight is 552 g/mol. The summed E-state index contributed by atoms with van der Waals surface area (Å²) in [5.74, 6) is -4.98. The molecule has 2 aromatic heterocycles. The second kappa shape index (κ2) is 13.4. The van der Waals surface area contributed by atoms with Crippen molar-refractivity contribution in [2.45, 2.75) is 44.1 Å². The van der Waals surface area contributed by atoms with Crippen molar-refractivity contribution in [3.8, 4) is 0 Å². The highest BCUT2D eigenvalue weighted by molar-refractivity contribution is 5.83. The quantitative estimate of drug-likeness (QED) is 0.248. The van der Waals surface area contributed by atoms with Crippen LogP contribution in [0.3, 0.4) is 0 Å². The Hall–Kier alpha value is -4.40. The maximum Gasteiger partial charge on any atom is 0.509 e. The lowest BCUT2D eigenvalue weighted by atomic mass is 10.1. The lowest BCUT2D eigenvalue weighted by molar-refractivity contribution is -0.150. The molecule has 1 saturated heterocycles. The number of nitrogens with one attached hydrogen (secondary N) is 1. The maximum absolute atomic E-state index is 15.5. The Bertz CT molecular complexity index is 1230. The van der Waals surface area contributed by atoms with Crippen molar-refractivity contribution in [3.63, 3.8) is 0 Å². The summed E-state index contributed by atoms with van der Waals surface area (Å²) in [6, 6.07) is 4.51. The zero-order valence-electron chi connectivity index (χ0n) is 20.8. The summed E-state index contributed by atoms with van der Waals surface area (Å²) in [7, 11) is 0. The fraction of sp³-hybridized carbons (Fsp3) is 0.417. The molecule has 3 heterocycles. The van der Waals surface area contributed by atoms with Gasteiger partial charge in [0.15, 0.2) is 0 Å². The van der Waals surface area contributed by atoms with Crippen LogP contribution in [0.25, 0.3) is 0 Å². The van der Waals surface area contributed by atoms with Crippen LogP contribution in [0.1, 0.15) is 25.1 Å². The third-order valence-electron chi connectivity index (χ3n) is 5.23. The average Bonchev–Trinajstić information content (AvgIpc) is 3.15. The number of aromatic nitrogens is 3. The van der Waals surface area contributed by atoms with E-state index in [1.165, 1.54) is 6.08 Å². The lowest BCUT2D eigenvalue weighted by Crippen LogP contribution is -2.45. The topological polar surface area (TPSA) is 157 Å². The predicted molar refractivity (Wildman–Crippen MR) is 128 cm³/mol. The van der Waals surface area contributed by atoms with Crippen molar-refractivity contribution < 1.29 is 46.8 Å². The number of ether oxygens (including phenoxy) is 5. The highest BCUT2D eigenvalue weighted by Gasteiger charge is 2.63. The maximum atomic E-state index is 15.5. The number of amides is 1. The summed E-state index contributed by atoms with van der Waals surface area (Å²) in [5, 5.41) is 2.17. The molecule has 210 valence electrons. The van der Waals surface area contributed by atoms with E-state index in [0.717, 1.165) is 17.8 Å². The summed E-state index contributed by atoms with van der Waals surface area (Å²) in [6.07, 6.45) is -3.16. The molecule has 1 aliphatic rings. The fourth-order valence-electron chi connectivity index (χ4n) is 3.49. The van der Waals surface area contributed by atoms with Gasteiger partial charge in [-0.1, -0.05) is 18.7 Å². The van der Waals surface area contributed by atoms with Gasteiger partial charge in [0.1, 0.15) is 25.1 Å². The molecule has 0 bridgehead atoms. The van der Waals surface area contributed by atoms with Crippen LogP contribution in [0.15, 0.2) is 54.2 Å². The SMILES string of the molecule is C=CCOC(=O)O[C@@H]1C(COC(=O)CCc2cccnc2)O[C@@H](n2ccc(NC(=O)OCC)nc2=O)C1(F)F. The predicted octanol–water partition coefficient (Wildman–Crippen LogP) is 2.62. The van der Waals surface area contributed by atoms with Gasteiger partial charge in [0, 0.05) is 25.0 Å². The summed E-state index contributed by atoms with van der Waals surface area (Å²) >= 11 is 0. The first-order valence-electron chi connectivity index (χ1n) is 11.7. The minimum Gasteiger partial charge on any atom is -0.463 e. The second-order valence-electron chi connectivity index (χ2n) is 7.98. The van der Waals surface area contributed by atoms with E-state index in [4.69, 9.17) is 14.2 Å². The van der Waals surface area contributed by atoms with Crippen molar-refractivity contribution in [1.82, 2.24) is 14.5 Å². The molecule has 0 aliphatic carbocycles. The standard InChI is InChI=1S/C24H26F2N4O9/c1-3-12-36-23(34)39-19-16(14-37-18(31)8-7-15-6-5-10-27-13-15)38-20(24(19,25)26)30-11-9-17(28-21(30)32)29-22(33)35-4-2/h3,5-6,9-11,13,16,19-20H,1,4,7-8,12,14H2,2H3,(H,28,29,32,33)/t16?,19-,20-/m1/s1. The van der Waals surface area contributed by atoms with E-state index in [1.807, 2.05) is 0 Å².